The molecule has 7 nitrogen and oxygen atoms in total. The number of nitrogens with one attached hydrogen (secondary N) is 2. The highest BCUT2D eigenvalue weighted by Crippen LogP contribution is 2.16. The highest BCUT2D eigenvalue weighted by atomic mass is 15.3. The molecule has 0 saturated heterocycles. The van der Waals surface area contributed by atoms with E-state index < -0.39 is 0 Å². The zero-order valence-electron chi connectivity index (χ0n) is 10.0. The van der Waals surface area contributed by atoms with Crippen LogP contribution >= 0.6 is 0 Å². The second-order valence-electron chi connectivity index (χ2n) is 3.70. The van der Waals surface area contributed by atoms with Gasteiger partial charge in [-0.2, -0.15) is 0 Å². The molecule has 0 aliphatic heterocycles. The lowest BCUT2D eigenvalue weighted by Crippen LogP contribution is -2.13. The zero-order valence-corrected chi connectivity index (χ0v) is 10.0. The maximum absolute atomic E-state index is 4.15. The molecule has 2 aromatic heterocycles. The van der Waals surface area contributed by atoms with Gasteiger partial charge in [-0.15, -0.1) is 10.2 Å². The molecule has 0 radical (unpaired) electrons. The minimum absolute atomic E-state index is 0.0297. The van der Waals surface area contributed by atoms with E-state index in [0.717, 1.165) is 17.5 Å². The van der Waals surface area contributed by atoms with Crippen molar-refractivity contribution in [3.05, 3.63) is 24.5 Å². The van der Waals surface area contributed by atoms with Gasteiger partial charge in [-0.05, 0) is 6.92 Å². The first-order valence-corrected chi connectivity index (χ1v) is 5.31. The molecule has 1 unspecified atom stereocenters. The van der Waals surface area contributed by atoms with Gasteiger partial charge in [-0.1, -0.05) is 0 Å². The van der Waals surface area contributed by atoms with Crippen LogP contribution in [0.5, 0.6) is 0 Å². The molecule has 0 saturated carbocycles. The van der Waals surface area contributed by atoms with Crippen LogP contribution in [0.3, 0.4) is 0 Å². The van der Waals surface area contributed by atoms with Crippen molar-refractivity contribution in [2.45, 2.75) is 13.0 Å². The lowest BCUT2D eigenvalue weighted by Gasteiger charge is -2.13. The first-order valence-electron chi connectivity index (χ1n) is 5.31. The lowest BCUT2D eigenvalue weighted by molar-refractivity contribution is 0.716. The lowest BCUT2D eigenvalue weighted by atomic mass is 10.3. The molecular formula is C10H15N7. The van der Waals surface area contributed by atoms with E-state index in [1.54, 1.807) is 6.33 Å². The first-order chi connectivity index (χ1) is 8.20. The molecular weight excluding hydrogens is 218 g/mol. The van der Waals surface area contributed by atoms with Gasteiger partial charge in [0.2, 0.25) is 0 Å². The number of aromatic nitrogens is 5. The fourth-order valence-corrected chi connectivity index (χ4v) is 1.54. The highest BCUT2D eigenvalue weighted by molar-refractivity contribution is 5.46. The van der Waals surface area contributed by atoms with Crippen LogP contribution in [-0.2, 0) is 7.05 Å². The summed E-state index contributed by atoms with van der Waals surface area (Å²) in [6, 6.07) is 1.87. The van der Waals surface area contributed by atoms with Crippen molar-refractivity contribution < 1.29 is 0 Å². The van der Waals surface area contributed by atoms with Crippen LogP contribution in [0.25, 0.3) is 0 Å². The van der Waals surface area contributed by atoms with E-state index >= 15 is 0 Å². The number of hydrogen-bond donors (Lipinski definition) is 2. The first kappa shape index (κ1) is 11.3. The largest absolute Gasteiger partial charge is 0.373 e. The Morgan fingerprint density at radius 2 is 2.06 bits per heavy atom. The maximum Gasteiger partial charge on any atom is 0.154 e. The molecule has 90 valence electrons. The molecule has 0 amide bonds. The van der Waals surface area contributed by atoms with Gasteiger partial charge >= 0.3 is 0 Å². The molecule has 0 spiro atoms. The topological polar surface area (TPSA) is 80.5 Å². The van der Waals surface area contributed by atoms with Gasteiger partial charge in [0.15, 0.2) is 5.82 Å². The van der Waals surface area contributed by atoms with E-state index in [1.807, 2.05) is 31.7 Å². The number of aryl methyl sites for hydroxylation is 1. The third kappa shape index (κ3) is 2.49. The van der Waals surface area contributed by atoms with Crippen LogP contribution in [0, 0.1) is 0 Å². The summed E-state index contributed by atoms with van der Waals surface area (Å²) < 4.78 is 1.87. The Hall–Kier alpha value is -2.18. The van der Waals surface area contributed by atoms with Crippen LogP contribution in [-0.4, -0.2) is 31.8 Å². The Kier molecular flexibility index (Phi) is 3.17. The van der Waals surface area contributed by atoms with Crippen molar-refractivity contribution >= 4 is 11.6 Å². The van der Waals surface area contributed by atoms with Crippen LogP contribution < -0.4 is 10.6 Å². The van der Waals surface area contributed by atoms with Crippen LogP contribution in [0.1, 0.15) is 18.8 Å². The van der Waals surface area contributed by atoms with Crippen molar-refractivity contribution in [1.29, 1.82) is 0 Å². The SMILES string of the molecule is CNc1cc(NC(C)c2nncn2C)ncn1. The highest BCUT2D eigenvalue weighted by Gasteiger charge is 2.11. The quantitative estimate of drug-likeness (QED) is 0.813. The van der Waals surface area contributed by atoms with Gasteiger partial charge in [0.05, 0.1) is 6.04 Å². The molecule has 2 aromatic rings. The van der Waals surface area contributed by atoms with Gasteiger partial charge in [0.1, 0.15) is 24.3 Å². The zero-order chi connectivity index (χ0) is 12.3. The minimum Gasteiger partial charge on any atom is -0.373 e. The summed E-state index contributed by atoms with van der Waals surface area (Å²) in [4.78, 5) is 8.20. The number of anilines is 2. The van der Waals surface area contributed by atoms with E-state index in [0.29, 0.717) is 0 Å². The molecule has 0 aromatic carbocycles. The van der Waals surface area contributed by atoms with Gasteiger partial charge in [0, 0.05) is 20.2 Å². The molecule has 0 fully saturated rings. The minimum atomic E-state index is 0.0297. The Balaban J connectivity index is 2.13. The van der Waals surface area contributed by atoms with Crippen molar-refractivity contribution in [1.82, 2.24) is 24.7 Å². The third-order valence-electron chi connectivity index (χ3n) is 2.42. The number of rotatable bonds is 4. The molecule has 2 heterocycles. The van der Waals surface area contributed by atoms with Crippen molar-refractivity contribution in [2.24, 2.45) is 7.05 Å². The van der Waals surface area contributed by atoms with Gasteiger partial charge in [-0.25, -0.2) is 9.97 Å². The normalized spacial score (nSPS) is 12.2. The fourth-order valence-electron chi connectivity index (χ4n) is 1.54. The van der Waals surface area contributed by atoms with Gasteiger partial charge < -0.3 is 15.2 Å². The summed E-state index contributed by atoms with van der Waals surface area (Å²) >= 11 is 0. The molecule has 1 atom stereocenters. The van der Waals surface area contributed by atoms with E-state index in [9.17, 15) is 0 Å². The monoisotopic (exact) mass is 233 g/mol. The standard InChI is InChI=1S/C10H15N7/c1-7(10-16-14-6-17(10)3)15-9-4-8(11-2)12-5-13-9/h4-7H,1-3H3,(H2,11,12,13,15). The Bertz CT molecular complexity index is 493. The average molecular weight is 233 g/mol. The van der Waals surface area contributed by atoms with Gasteiger partial charge in [0.25, 0.3) is 0 Å². The summed E-state index contributed by atoms with van der Waals surface area (Å²) in [6.07, 6.45) is 3.18. The Labute approximate surface area is 99.3 Å². The van der Waals surface area contributed by atoms with Crippen molar-refractivity contribution in [3.63, 3.8) is 0 Å². The second-order valence-corrected chi connectivity index (χ2v) is 3.70. The second kappa shape index (κ2) is 4.77. The Morgan fingerprint density at radius 1 is 1.29 bits per heavy atom. The van der Waals surface area contributed by atoms with Crippen molar-refractivity contribution in [2.75, 3.05) is 17.7 Å². The molecule has 2 N–H and O–H groups in total. The molecule has 7 heteroatoms. The summed E-state index contributed by atoms with van der Waals surface area (Å²) in [5.74, 6) is 2.38. The fraction of sp³-hybridized carbons (Fsp3) is 0.400. The molecule has 0 aliphatic carbocycles. The third-order valence-corrected chi connectivity index (χ3v) is 2.42. The smallest absolute Gasteiger partial charge is 0.154 e. The van der Waals surface area contributed by atoms with Crippen LogP contribution in [0.4, 0.5) is 11.6 Å². The summed E-state index contributed by atoms with van der Waals surface area (Å²) in [6.45, 7) is 2.01. The van der Waals surface area contributed by atoms with E-state index in [-0.39, 0.29) is 6.04 Å². The average Bonchev–Trinajstić information content (AvgIpc) is 2.76. The summed E-state index contributed by atoms with van der Waals surface area (Å²) in [7, 11) is 3.73. The molecule has 17 heavy (non-hydrogen) atoms. The molecule has 0 aliphatic rings. The van der Waals surface area contributed by atoms with Gasteiger partial charge in [-0.3, -0.25) is 0 Å². The van der Waals surface area contributed by atoms with E-state index in [4.69, 9.17) is 0 Å². The van der Waals surface area contributed by atoms with Crippen LogP contribution in [0.15, 0.2) is 18.7 Å². The van der Waals surface area contributed by atoms with E-state index in [2.05, 4.69) is 30.8 Å². The summed E-state index contributed by atoms with van der Waals surface area (Å²) in [5, 5.41) is 14.1. The van der Waals surface area contributed by atoms with E-state index in [1.165, 1.54) is 6.33 Å². The van der Waals surface area contributed by atoms with Crippen molar-refractivity contribution in [3.8, 4) is 0 Å². The Morgan fingerprint density at radius 3 is 2.71 bits per heavy atom. The maximum atomic E-state index is 4.15. The van der Waals surface area contributed by atoms with Crippen LogP contribution in [0.2, 0.25) is 0 Å². The molecule has 2 rings (SSSR count). The molecule has 0 bridgehead atoms. The number of hydrogen-bond acceptors (Lipinski definition) is 6. The number of nitrogens with zero attached hydrogens (tertiary/aromatic N) is 5. The summed E-state index contributed by atoms with van der Waals surface area (Å²) in [5.41, 5.74) is 0. The predicted octanol–water partition coefficient (Wildman–Crippen LogP) is 0.820. The predicted molar refractivity (Wildman–Crippen MR) is 64.6 cm³/mol.